The van der Waals surface area contributed by atoms with Crippen LogP contribution in [-0.4, -0.2) is 21.6 Å². The molecule has 0 bridgehead atoms. The number of carbonyl (C=O) groups is 1. The zero-order chi connectivity index (χ0) is 19.8. The van der Waals surface area contributed by atoms with Crippen LogP contribution in [0.2, 0.25) is 0 Å². The summed E-state index contributed by atoms with van der Waals surface area (Å²) in [6.07, 6.45) is -9.87. The molecule has 3 aromatic rings. The lowest BCUT2D eigenvalue weighted by molar-refractivity contribution is -0.167. The van der Waals surface area contributed by atoms with Crippen molar-refractivity contribution in [3.8, 4) is 0 Å². The molecule has 0 saturated carbocycles. The highest BCUT2D eigenvalue weighted by atomic mass is 19.4. The highest BCUT2D eigenvalue weighted by Gasteiger charge is 2.39. The Morgan fingerprint density at radius 3 is 2.26 bits per heavy atom. The van der Waals surface area contributed by atoms with Gasteiger partial charge in [0.25, 0.3) is 0 Å². The molecule has 1 amide bonds. The van der Waals surface area contributed by atoms with Gasteiger partial charge in [-0.2, -0.15) is 26.3 Å². The van der Waals surface area contributed by atoms with Gasteiger partial charge in [0.05, 0.1) is 11.0 Å². The predicted molar refractivity (Wildman–Crippen MR) is 85.0 cm³/mol. The van der Waals surface area contributed by atoms with Crippen molar-refractivity contribution in [3.63, 3.8) is 0 Å². The number of halogens is 6. The van der Waals surface area contributed by atoms with Gasteiger partial charge in [0, 0.05) is 12.2 Å². The number of aromatic nitrogens is 2. The van der Waals surface area contributed by atoms with Crippen molar-refractivity contribution >= 4 is 22.6 Å². The minimum Gasteiger partial charge on any atom is -0.318 e. The van der Waals surface area contributed by atoms with Crippen LogP contribution in [0.1, 0.15) is 11.4 Å². The lowest BCUT2D eigenvalue weighted by atomic mass is 10.2. The van der Waals surface area contributed by atoms with Crippen LogP contribution in [0, 0.1) is 0 Å². The summed E-state index contributed by atoms with van der Waals surface area (Å²) in [5.41, 5.74) is 0.189. The van der Waals surface area contributed by atoms with Crippen LogP contribution in [0.5, 0.6) is 0 Å². The van der Waals surface area contributed by atoms with E-state index in [-0.39, 0.29) is 23.3 Å². The van der Waals surface area contributed by atoms with Gasteiger partial charge in [-0.1, -0.05) is 30.3 Å². The Bertz CT molecular complexity index is 976. The van der Waals surface area contributed by atoms with Gasteiger partial charge in [-0.05, 0) is 23.8 Å². The van der Waals surface area contributed by atoms with E-state index >= 15 is 0 Å². The van der Waals surface area contributed by atoms with E-state index in [1.54, 1.807) is 35.6 Å². The number of imidazole rings is 1. The van der Waals surface area contributed by atoms with E-state index in [4.69, 9.17) is 0 Å². The number of benzene rings is 2. The molecule has 0 spiro atoms. The smallest absolute Gasteiger partial charge is 0.318 e. The first-order valence-electron chi connectivity index (χ1n) is 7.55. The number of alkyl halides is 6. The average molecular weight is 387 g/mol. The molecule has 27 heavy (non-hydrogen) atoms. The van der Waals surface area contributed by atoms with Crippen LogP contribution in [0.3, 0.4) is 0 Å². The van der Waals surface area contributed by atoms with Crippen molar-refractivity contribution < 1.29 is 31.1 Å². The molecule has 0 aliphatic heterocycles. The van der Waals surface area contributed by atoms with Crippen LogP contribution in [0.4, 0.5) is 32.0 Å². The monoisotopic (exact) mass is 387 g/mol. The highest BCUT2D eigenvalue weighted by molar-refractivity contribution is 5.96. The number of amides is 1. The standard InChI is InChI=1S/C17H11F6N3O/c18-16(19,20)14-25-12-8-11(24-15(27)17(21,22)23)6-7-13(12)26(14)9-10-4-2-1-3-5-10/h1-8H,9H2,(H,24,27). The quantitative estimate of drug-likeness (QED) is 0.668. The van der Waals surface area contributed by atoms with E-state index < -0.39 is 24.1 Å². The Hall–Kier alpha value is -3.04. The molecule has 142 valence electrons. The molecule has 0 unspecified atom stereocenters. The number of anilines is 1. The second-order valence-electron chi connectivity index (χ2n) is 5.66. The first-order chi connectivity index (χ1) is 12.6. The van der Waals surface area contributed by atoms with E-state index in [1.165, 1.54) is 6.07 Å². The van der Waals surface area contributed by atoms with Crippen molar-refractivity contribution in [2.24, 2.45) is 0 Å². The molecule has 0 atom stereocenters. The Balaban J connectivity index is 2.04. The minimum atomic E-state index is -5.11. The lowest BCUT2D eigenvalue weighted by Crippen LogP contribution is -2.29. The molecule has 1 heterocycles. The van der Waals surface area contributed by atoms with Crippen LogP contribution in [0.25, 0.3) is 11.0 Å². The van der Waals surface area contributed by atoms with Crippen molar-refractivity contribution in [2.75, 3.05) is 5.32 Å². The summed E-state index contributed by atoms with van der Waals surface area (Å²) in [5.74, 6) is -3.40. The molecule has 1 aromatic heterocycles. The number of nitrogens with zero attached hydrogens (tertiary/aromatic N) is 2. The lowest BCUT2D eigenvalue weighted by Gasteiger charge is -2.12. The first kappa shape index (κ1) is 18.7. The molecule has 0 aliphatic carbocycles. The summed E-state index contributed by atoms with van der Waals surface area (Å²) in [6, 6.07) is 11.6. The Labute approximate surface area is 148 Å². The normalized spacial score (nSPS) is 12.4. The van der Waals surface area contributed by atoms with Crippen LogP contribution in [-0.2, 0) is 17.5 Å². The fourth-order valence-electron chi connectivity index (χ4n) is 2.55. The fraction of sp³-hybridized carbons (Fsp3) is 0.176. The summed E-state index contributed by atoms with van der Waals surface area (Å²) in [6.45, 7) is -0.125. The number of hydrogen-bond acceptors (Lipinski definition) is 2. The summed E-state index contributed by atoms with van der Waals surface area (Å²) < 4.78 is 78.0. The number of fused-ring (bicyclic) bond motifs is 1. The fourth-order valence-corrected chi connectivity index (χ4v) is 2.55. The Morgan fingerprint density at radius 2 is 1.67 bits per heavy atom. The third kappa shape index (κ3) is 4.04. The molecule has 1 N–H and O–H groups in total. The SMILES string of the molecule is O=C(Nc1ccc2c(c1)nc(C(F)(F)F)n2Cc1ccccc1)C(F)(F)F. The van der Waals surface area contributed by atoms with E-state index in [9.17, 15) is 31.1 Å². The molecule has 0 aliphatic rings. The van der Waals surface area contributed by atoms with Crippen molar-refractivity contribution in [1.82, 2.24) is 9.55 Å². The summed E-state index contributed by atoms with van der Waals surface area (Å²) in [5, 5.41) is 1.60. The van der Waals surface area contributed by atoms with Crippen molar-refractivity contribution in [2.45, 2.75) is 18.9 Å². The van der Waals surface area contributed by atoms with E-state index in [1.807, 2.05) is 0 Å². The molecule has 2 aromatic carbocycles. The maximum atomic E-state index is 13.4. The molecule has 0 saturated heterocycles. The highest BCUT2D eigenvalue weighted by Crippen LogP contribution is 2.33. The van der Waals surface area contributed by atoms with Gasteiger partial charge in [0.1, 0.15) is 0 Å². The molecule has 10 heteroatoms. The Kier molecular flexibility index (Phi) is 4.58. The van der Waals surface area contributed by atoms with Crippen LogP contribution < -0.4 is 5.32 Å². The van der Waals surface area contributed by atoms with E-state index in [2.05, 4.69) is 4.98 Å². The summed E-state index contributed by atoms with van der Waals surface area (Å²) >= 11 is 0. The molecule has 0 fully saturated rings. The average Bonchev–Trinajstić information content (AvgIpc) is 2.93. The number of carbonyl (C=O) groups excluding carboxylic acids is 1. The van der Waals surface area contributed by atoms with Crippen LogP contribution in [0.15, 0.2) is 48.5 Å². The van der Waals surface area contributed by atoms with Crippen LogP contribution >= 0.6 is 0 Å². The first-order valence-corrected chi connectivity index (χ1v) is 7.55. The van der Waals surface area contributed by atoms with Crippen molar-refractivity contribution in [3.05, 3.63) is 59.9 Å². The number of hydrogen-bond donors (Lipinski definition) is 1. The molecule has 0 radical (unpaired) electrons. The van der Waals surface area contributed by atoms with Gasteiger partial charge in [-0.25, -0.2) is 4.98 Å². The van der Waals surface area contributed by atoms with Gasteiger partial charge in [0.2, 0.25) is 5.82 Å². The maximum absolute atomic E-state index is 13.4. The molecular weight excluding hydrogens is 376 g/mol. The summed E-state index contributed by atoms with van der Waals surface area (Å²) in [7, 11) is 0. The number of nitrogens with one attached hydrogen (secondary N) is 1. The van der Waals surface area contributed by atoms with Gasteiger partial charge in [0.15, 0.2) is 0 Å². The van der Waals surface area contributed by atoms with Gasteiger partial charge in [-0.15, -0.1) is 0 Å². The largest absolute Gasteiger partial charge is 0.471 e. The topological polar surface area (TPSA) is 46.9 Å². The Morgan fingerprint density at radius 1 is 1.00 bits per heavy atom. The van der Waals surface area contributed by atoms with E-state index in [0.29, 0.717) is 5.56 Å². The van der Waals surface area contributed by atoms with Gasteiger partial charge in [-0.3, -0.25) is 4.79 Å². The second-order valence-corrected chi connectivity index (χ2v) is 5.66. The predicted octanol–water partition coefficient (Wildman–Crippen LogP) is 4.60. The minimum absolute atomic E-state index is 0.0798. The summed E-state index contributed by atoms with van der Waals surface area (Å²) in [4.78, 5) is 14.5. The van der Waals surface area contributed by atoms with E-state index in [0.717, 1.165) is 16.7 Å². The van der Waals surface area contributed by atoms with Crippen molar-refractivity contribution in [1.29, 1.82) is 0 Å². The van der Waals surface area contributed by atoms with Gasteiger partial charge < -0.3 is 9.88 Å². The third-order valence-corrected chi connectivity index (χ3v) is 3.70. The molecule has 4 nitrogen and oxygen atoms in total. The second kappa shape index (κ2) is 6.60. The molecule has 3 rings (SSSR count). The molecular formula is C17H11F6N3O. The number of rotatable bonds is 3. The maximum Gasteiger partial charge on any atom is 0.471 e. The zero-order valence-electron chi connectivity index (χ0n) is 13.4. The third-order valence-electron chi connectivity index (χ3n) is 3.70. The van der Waals surface area contributed by atoms with Gasteiger partial charge >= 0.3 is 18.3 Å². The zero-order valence-corrected chi connectivity index (χ0v) is 13.4.